The second-order valence-electron chi connectivity index (χ2n) is 6.99. The molecule has 130 valence electrons. The summed E-state index contributed by atoms with van der Waals surface area (Å²) in [5, 5.41) is 3.71. The van der Waals surface area contributed by atoms with Crippen LogP contribution in [0.3, 0.4) is 0 Å². The van der Waals surface area contributed by atoms with E-state index in [-0.39, 0.29) is 0 Å². The maximum Gasteiger partial charge on any atom is 0.143 e. The molecule has 0 atom stereocenters. The Labute approximate surface area is 169 Å². The summed E-state index contributed by atoms with van der Waals surface area (Å²) in [6.07, 6.45) is 4.50. The second kappa shape index (κ2) is 5.82. The lowest BCUT2D eigenvalue weighted by Gasteiger charge is -2.07. The fraction of sp³-hybridized carbons (Fsp3) is 0.0833. The van der Waals surface area contributed by atoms with Gasteiger partial charge in [-0.1, -0.05) is 70.5 Å². The number of aryl methyl sites for hydroxylation is 1. The van der Waals surface area contributed by atoms with E-state index in [0.29, 0.717) is 0 Å². The van der Waals surface area contributed by atoms with Crippen LogP contribution in [0.2, 0.25) is 0 Å². The highest BCUT2D eigenvalue weighted by Crippen LogP contribution is 2.44. The average molecular weight is 431 g/mol. The average Bonchev–Trinajstić information content (AvgIpc) is 3.26. The molecule has 1 nitrogen and oxygen atoms in total. The van der Waals surface area contributed by atoms with E-state index in [4.69, 9.17) is 4.42 Å². The molecule has 0 saturated heterocycles. The molecule has 3 aromatic carbocycles. The van der Waals surface area contributed by atoms with Crippen molar-refractivity contribution in [2.24, 2.45) is 0 Å². The van der Waals surface area contributed by atoms with E-state index in [2.05, 4.69) is 70.5 Å². The van der Waals surface area contributed by atoms with Crippen LogP contribution in [0.4, 0.5) is 0 Å². The molecule has 2 aromatic heterocycles. The number of halogens is 1. The standard InChI is InChI=1S/C24H15BrOS/c25-14-11-12-22-20(13-14)19-9-4-8-18(24(19)27-22)17-7-3-6-16-15-5-1-2-10-21(15)26-23(16)17/h1-10,13H,11-12H2. The molecule has 5 aromatic rings. The van der Waals surface area contributed by atoms with Crippen LogP contribution in [-0.4, -0.2) is 0 Å². The lowest BCUT2D eigenvalue weighted by atomic mass is 9.98. The van der Waals surface area contributed by atoms with Crippen LogP contribution < -0.4 is 0 Å². The zero-order valence-corrected chi connectivity index (χ0v) is 16.9. The number of furan rings is 1. The number of fused-ring (bicyclic) bond motifs is 6. The third-order valence-electron chi connectivity index (χ3n) is 5.42. The molecule has 0 spiro atoms. The van der Waals surface area contributed by atoms with E-state index < -0.39 is 0 Å². The van der Waals surface area contributed by atoms with Gasteiger partial charge in [-0.2, -0.15) is 0 Å². The maximum absolute atomic E-state index is 6.29. The number of hydrogen-bond donors (Lipinski definition) is 0. The summed E-state index contributed by atoms with van der Waals surface area (Å²) in [4.78, 5) is 1.48. The molecule has 0 aliphatic heterocycles. The molecule has 1 aliphatic carbocycles. The second-order valence-corrected chi connectivity index (χ2v) is 9.12. The molecule has 0 bridgehead atoms. The van der Waals surface area contributed by atoms with Gasteiger partial charge >= 0.3 is 0 Å². The van der Waals surface area contributed by atoms with Gasteiger partial charge in [-0.25, -0.2) is 0 Å². The van der Waals surface area contributed by atoms with Gasteiger partial charge in [-0.05, 0) is 35.0 Å². The van der Waals surface area contributed by atoms with Crippen molar-refractivity contribution in [1.82, 2.24) is 0 Å². The van der Waals surface area contributed by atoms with Crippen molar-refractivity contribution in [2.45, 2.75) is 12.8 Å². The number of thiophene rings is 1. The van der Waals surface area contributed by atoms with Crippen molar-refractivity contribution in [3.05, 3.63) is 75.6 Å². The first-order valence-corrected chi connectivity index (χ1v) is 10.7. The first-order chi connectivity index (χ1) is 13.3. The van der Waals surface area contributed by atoms with Gasteiger partial charge in [0.15, 0.2) is 0 Å². The summed E-state index contributed by atoms with van der Waals surface area (Å²) in [6, 6.07) is 21.4. The van der Waals surface area contributed by atoms with E-state index in [1.165, 1.54) is 46.9 Å². The quantitative estimate of drug-likeness (QED) is 0.261. The van der Waals surface area contributed by atoms with Gasteiger partial charge in [0.25, 0.3) is 0 Å². The fourth-order valence-electron chi connectivity index (χ4n) is 4.16. The summed E-state index contributed by atoms with van der Waals surface area (Å²) in [7, 11) is 0. The normalized spacial score (nSPS) is 14.0. The lowest BCUT2D eigenvalue weighted by molar-refractivity contribution is 0.670. The van der Waals surface area contributed by atoms with Gasteiger partial charge in [-0.15, -0.1) is 11.3 Å². The van der Waals surface area contributed by atoms with E-state index in [0.717, 1.165) is 24.0 Å². The van der Waals surface area contributed by atoms with E-state index in [9.17, 15) is 0 Å². The van der Waals surface area contributed by atoms with Crippen LogP contribution in [-0.2, 0) is 6.42 Å². The van der Waals surface area contributed by atoms with Crippen molar-refractivity contribution in [3.8, 4) is 11.1 Å². The van der Waals surface area contributed by atoms with E-state index in [1.54, 1.807) is 0 Å². The Hall–Kier alpha value is -2.36. The molecule has 0 N–H and O–H groups in total. The Balaban J connectivity index is 1.69. The van der Waals surface area contributed by atoms with Crippen LogP contribution in [0.25, 0.3) is 49.2 Å². The summed E-state index contributed by atoms with van der Waals surface area (Å²) < 4.78 is 8.94. The van der Waals surface area contributed by atoms with E-state index >= 15 is 0 Å². The molecular weight excluding hydrogens is 416 g/mol. The molecule has 0 fully saturated rings. The van der Waals surface area contributed by atoms with Crippen LogP contribution in [0.1, 0.15) is 16.9 Å². The highest BCUT2D eigenvalue weighted by Gasteiger charge is 2.19. The van der Waals surface area contributed by atoms with Crippen LogP contribution in [0, 0.1) is 0 Å². The summed E-state index contributed by atoms with van der Waals surface area (Å²) in [5.41, 5.74) is 5.75. The molecule has 27 heavy (non-hydrogen) atoms. The SMILES string of the molecule is BrC1=Cc2c(sc3c(-c4cccc5c4oc4ccccc45)cccc23)CC1. The van der Waals surface area contributed by atoms with Crippen molar-refractivity contribution in [2.75, 3.05) is 0 Å². The van der Waals surface area contributed by atoms with Gasteiger partial charge in [-0.3, -0.25) is 0 Å². The van der Waals surface area contributed by atoms with Crippen molar-refractivity contribution in [1.29, 1.82) is 0 Å². The first kappa shape index (κ1) is 15.7. The minimum Gasteiger partial charge on any atom is -0.455 e. The monoisotopic (exact) mass is 430 g/mol. The molecule has 0 radical (unpaired) electrons. The molecule has 1 aliphatic rings. The van der Waals surface area contributed by atoms with Crippen LogP contribution in [0.15, 0.2) is 69.6 Å². The lowest BCUT2D eigenvalue weighted by Crippen LogP contribution is -1.90. The Morgan fingerprint density at radius 1 is 0.778 bits per heavy atom. The molecule has 6 rings (SSSR count). The highest BCUT2D eigenvalue weighted by molar-refractivity contribution is 9.11. The molecule has 0 unspecified atom stereocenters. The molecular formula is C24H15BrOS. The number of para-hydroxylation sites is 2. The third-order valence-corrected chi connectivity index (χ3v) is 7.36. The van der Waals surface area contributed by atoms with Gasteiger partial charge in [0.05, 0.1) is 0 Å². The number of rotatable bonds is 1. The number of allylic oxidation sites excluding steroid dienone is 1. The molecule has 3 heteroatoms. The third kappa shape index (κ3) is 2.28. The van der Waals surface area contributed by atoms with Crippen molar-refractivity contribution in [3.63, 3.8) is 0 Å². The minimum atomic E-state index is 0.949. The number of benzene rings is 3. The predicted molar refractivity (Wildman–Crippen MR) is 120 cm³/mol. The van der Waals surface area contributed by atoms with Crippen LogP contribution in [0.5, 0.6) is 0 Å². The summed E-state index contributed by atoms with van der Waals surface area (Å²) >= 11 is 5.63. The topological polar surface area (TPSA) is 13.1 Å². The first-order valence-electron chi connectivity index (χ1n) is 9.11. The Kier molecular flexibility index (Phi) is 3.38. The predicted octanol–water partition coefficient (Wildman–Crippen LogP) is 8.15. The summed E-state index contributed by atoms with van der Waals surface area (Å²) in [5.74, 6) is 0. The minimum absolute atomic E-state index is 0.949. The zero-order valence-electron chi connectivity index (χ0n) is 14.5. The summed E-state index contributed by atoms with van der Waals surface area (Å²) in [6.45, 7) is 0. The van der Waals surface area contributed by atoms with Gasteiger partial charge in [0.2, 0.25) is 0 Å². The van der Waals surface area contributed by atoms with Gasteiger partial charge in [0, 0.05) is 36.9 Å². The fourth-order valence-corrected chi connectivity index (χ4v) is 5.90. The van der Waals surface area contributed by atoms with Crippen molar-refractivity contribution < 1.29 is 4.42 Å². The largest absolute Gasteiger partial charge is 0.455 e. The maximum atomic E-state index is 6.29. The van der Waals surface area contributed by atoms with Crippen LogP contribution >= 0.6 is 27.3 Å². The smallest absolute Gasteiger partial charge is 0.143 e. The van der Waals surface area contributed by atoms with Crippen molar-refractivity contribution >= 4 is 65.4 Å². The molecule has 0 saturated carbocycles. The Morgan fingerprint density at radius 3 is 2.48 bits per heavy atom. The highest BCUT2D eigenvalue weighted by atomic mass is 79.9. The van der Waals surface area contributed by atoms with Gasteiger partial charge < -0.3 is 4.42 Å². The molecule has 0 amide bonds. The number of hydrogen-bond acceptors (Lipinski definition) is 2. The Morgan fingerprint density at radius 2 is 1.56 bits per heavy atom. The van der Waals surface area contributed by atoms with Gasteiger partial charge in [0.1, 0.15) is 11.2 Å². The zero-order chi connectivity index (χ0) is 18.0. The Bertz CT molecular complexity index is 1390. The van der Waals surface area contributed by atoms with E-state index in [1.807, 2.05) is 23.5 Å². The molecule has 2 heterocycles.